The molecule has 1 N–H and O–H groups in total. The van der Waals surface area contributed by atoms with Crippen molar-refractivity contribution in [1.82, 2.24) is 15.3 Å². The van der Waals surface area contributed by atoms with E-state index in [0.29, 0.717) is 12.2 Å². The van der Waals surface area contributed by atoms with Gasteiger partial charge >= 0.3 is 5.97 Å². The molecule has 0 saturated carbocycles. The molecule has 17 heavy (non-hydrogen) atoms. The molecule has 0 unspecified atom stereocenters. The van der Waals surface area contributed by atoms with Gasteiger partial charge in [0.2, 0.25) is 0 Å². The number of nitrogens with one attached hydrogen (secondary N) is 1. The second-order valence-corrected chi connectivity index (χ2v) is 3.47. The van der Waals surface area contributed by atoms with E-state index in [0.717, 1.165) is 6.42 Å². The number of ether oxygens (including phenoxy) is 1. The van der Waals surface area contributed by atoms with E-state index in [4.69, 9.17) is 4.74 Å². The summed E-state index contributed by atoms with van der Waals surface area (Å²) in [6.45, 7) is 3.98. The van der Waals surface area contributed by atoms with E-state index in [1.54, 1.807) is 6.92 Å². The molecule has 1 amide bonds. The van der Waals surface area contributed by atoms with Gasteiger partial charge in [0.25, 0.3) is 5.91 Å². The zero-order valence-electron chi connectivity index (χ0n) is 9.90. The summed E-state index contributed by atoms with van der Waals surface area (Å²) < 4.78 is 4.77. The number of hydrogen-bond acceptors (Lipinski definition) is 5. The number of esters is 1. The van der Waals surface area contributed by atoms with E-state index >= 15 is 0 Å². The second kappa shape index (κ2) is 6.57. The maximum atomic E-state index is 11.4. The van der Waals surface area contributed by atoms with Crippen LogP contribution in [0.5, 0.6) is 0 Å². The van der Waals surface area contributed by atoms with E-state index in [1.807, 2.05) is 6.92 Å². The number of carbonyl (C=O) groups is 2. The molecule has 6 heteroatoms. The Balaban J connectivity index is 2.39. The highest BCUT2D eigenvalue weighted by molar-refractivity contribution is 5.89. The summed E-state index contributed by atoms with van der Waals surface area (Å²) in [4.78, 5) is 30.4. The van der Waals surface area contributed by atoms with Crippen molar-refractivity contribution in [3.8, 4) is 0 Å². The van der Waals surface area contributed by atoms with Gasteiger partial charge in [-0.1, -0.05) is 6.92 Å². The molecule has 0 fully saturated rings. The largest absolute Gasteiger partial charge is 0.451 e. The Bertz CT molecular complexity index is 389. The molecule has 0 aliphatic rings. The van der Waals surface area contributed by atoms with Crippen molar-refractivity contribution in [1.29, 1.82) is 0 Å². The van der Waals surface area contributed by atoms with Crippen molar-refractivity contribution in [2.45, 2.75) is 20.3 Å². The van der Waals surface area contributed by atoms with Crippen LogP contribution in [0.1, 0.15) is 29.5 Å². The Kier molecular flexibility index (Phi) is 5.06. The molecule has 0 bridgehead atoms. The lowest BCUT2D eigenvalue weighted by Crippen LogP contribution is -2.29. The van der Waals surface area contributed by atoms with Crippen LogP contribution >= 0.6 is 0 Å². The Morgan fingerprint density at radius 3 is 2.71 bits per heavy atom. The van der Waals surface area contributed by atoms with Gasteiger partial charge in [0.1, 0.15) is 0 Å². The van der Waals surface area contributed by atoms with Crippen molar-refractivity contribution < 1.29 is 14.3 Å². The van der Waals surface area contributed by atoms with Gasteiger partial charge in [-0.15, -0.1) is 0 Å². The van der Waals surface area contributed by atoms with E-state index < -0.39 is 5.97 Å². The molecule has 0 aliphatic heterocycles. The van der Waals surface area contributed by atoms with Crippen LogP contribution in [0.3, 0.4) is 0 Å². The fourth-order valence-electron chi connectivity index (χ4n) is 1.02. The fraction of sp³-hybridized carbons (Fsp3) is 0.455. The average Bonchev–Trinajstić information content (AvgIpc) is 2.34. The van der Waals surface area contributed by atoms with E-state index in [2.05, 4.69) is 15.3 Å². The van der Waals surface area contributed by atoms with Gasteiger partial charge in [-0.25, -0.2) is 9.78 Å². The summed E-state index contributed by atoms with van der Waals surface area (Å²) in [7, 11) is 0. The zero-order valence-corrected chi connectivity index (χ0v) is 9.90. The van der Waals surface area contributed by atoms with Crippen molar-refractivity contribution in [3.05, 3.63) is 23.8 Å². The maximum Gasteiger partial charge on any atom is 0.359 e. The van der Waals surface area contributed by atoms with Crippen molar-refractivity contribution in [3.63, 3.8) is 0 Å². The first-order valence-electron chi connectivity index (χ1n) is 5.36. The third-order valence-electron chi connectivity index (χ3n) is 1.90. The lowest BCUT2D eigenvalue weighted by Gasteiger charge is -2.04. The fourth-order valence-corrected chi connectivity index (χ4v) is 1.02. The Labute approximate surface area is 99.4 Å². The summed E-state index contributed by atoms with van der Waals surface area (Å²) in [5, 5.41) is 2.60. The second-order valence-electron chi connectivity index (χ2n) is 3.47. The quantitative estimate of drug-likeness (QED) is 0.753. The molecule has 0 radical (unpaired) electrons. The topological polar surface area (TPSA) is 81.2 Å². The van der Waals surface area contributed by atoms with Crippen LogP contribution in [0.2, 0.25) is 0 Å². The van der Waals surface area contributed by atoms with Crippen molar-refractivity contribution in [2.24, 2.45) is 0 Å². The van der Waals surface area contributed by atoms with E-state index in [1.165, 1.54) is 12.4 Å². The highest BCUT2D eigenvalue weighted by Crippen LogP contribution is 1.96. The number of rotatable bonds is 5. The smallest absolute Gasteiger partial charge is 0.359 e. The summed E-state index contributed by atoms with van der Waals surface area (Å²) in [5.41, 5.74) is 0.807. The van der Waals surface area contributed by atoms with Gasteiger partial charge in [-0.2, -0.15) is 0 Å². The molecule has 1 rings (SSSR count). The van der Waals surface area contributed by atoms with E-state index in [9.17, 15) is 9.59 Å². The van der Waals surface area contributed by atoms with Crippen LogP contribution in [0, 0.1) is 6.92 Å². The number of nitrogens with zero attached hydrogens (tertiary/aromatic N) is 2. The van der Waals surface area contributed by atoms with Crippen molar-refractivity contribution >= 4 is 11.9 Å². The van der Waals surface area contributed by atoms with Gasteiger partial charge in [-0.05, 0) is 13.3 Å². The van der Waals surface area contributed by atoms with Gasteiger partial charge in [0.05, 0.1) is 11.9 Å². The number of amides is 1. The lowest BCUT2D eigenvalue weighted by atomic mass is 10.4. The number of hydrogen-bond donors (Lipinski definition) is 1. The van der Waals surface area contributed by atoms with Crippen molar-refractivity contribution in [2.75, 3.05) is 13.2 Å². The molecule has 0 atom stereocenters. The normalized spacial score (nSPS) is 9.76. The summed E-state index contributed by atoms with van der Waals surface area (Å²) in [6, 6.07) is 0. The number of aromatic nitrogens is 2. The van der Waals surface area contributed by atoms with Crippen LogP contribution in [0.25, 0.3) is 0 Å². The summed E-state index contributed by atoms with van der Waals surface area (Å²) >= 11 is 0. The lowest BCUT2D eigenvalue weighted by molar-refractivity contribution is -0.124. The summed E-state index contributed by atoms with van der Waals surface area (Å²) in [5.74, 6) is -0.968. The predicted octanol–water partition coefficient (Wildman–Crippen LogP) is 0.468. The Morgan fingerprint density at radius 1 is 1.35 bits per heavy atom. The average molecular weight is 237 g/mol. The highest BCUT2D eigenvalue weighted by atomic mass is 16.5. The molecule has 0 spiro atoms. The first kappa shape index (κ1) is 13.1. The van der Waals surface area contributed by atoms with Crippen LogP contribution in [-0.4, -0.2) is 35.0 Å². The van der Waals surface area contributed by atoms with Crippen LogP contribution in [0.15, 0.2) is 12.4 Å². The predicted molar refractivity (Wildman–Crippen MR) is 60.4 cm³/mol. The summed E-state index contributed by atoms with van der Waals surface area (Å²) in [6.07, 6.45) is 3.62. The first-order valence-corrected chi connectivity index (χ1v) is 5.36. The third kappa shape index (κ3) is 4.58. The highest BCUT2D eigenvalue weighted by Gasteiger charge is 2.11. The first-order chi connectivity index (χ1) is 8.13. The number of aryl methyl sites for hydroxylation is 1. The van der Waals surface area contributed by atoms with E-state index in [-0.39, 0.29) is 18.2 Å². The Hall–Kier alpha value is -1.98. The zero-order chi connectivity index (χ0) is 12.7. The van der Waals surface area contributed by atoms with Gasteiger partial charge < -0.3 is 10.1 Å². The molecule has 1 aromatic rings. The Morgan fingerprint density at radius 2 is 2.12 bits per heavy atom. The minimum absolute atomic E-state index is 0.0962. The van der Waals surface area contributed by atoms with Crippen LogP contribution < -0.4 is 5.32 Å². The van der Waals surface area contributed by atoms with Crippen LogP contribution in [0.4, 0.5) is 0 Å². The van der Waals surface area contributed by atoms with Gasteiger partial charge in [0.15, 0.2) is 12.3 Å². The molecular weight excluding hydrogens is 222 g/mol. The minimum Gasteiger partial charge on any atom is -0.451 e. The van der Waals surface area contributed by atoms with Crippen LogP contribution in [-0.2, 0) is 9.53 Å². The molecule has 92 valence electrons. The van der Waals surface area contributed by atoms with Gasteiger partial charge in [0, 0.05) is 12.7 Å². The molecular formula is C11H15N3O3. The third-order valence-corrected chi connectivity index (χ3v) is 1.90. The molecule has 0 aliphatic carbocycles. The number of carbonyl (C=O) groups excluding carboxylic acids is 2. The molecule has 0 saturated heterocycles. The molecule has 0 aromatic carbocycles. The minimum atomic E-state index is -0.649. The standard InChI is InChI=1S/C11H15N3O3/c1-3-4-12-10(15)7-17-11(16)9-6-13-8(2)5-14-9/h5-6H,3-4,7H2,1-2H3,(H,12,15). The SMILES string of the molecule is CCCNC(=O)COC(=O)c1cnc(C)cn1. The monoisotopic (exact) mass is 237 g/mol. The van der Waals surface area contributed by atoms with Gasteiger partial charge in [-0.3, -0.25) is 9.78 Å². The molecule has 6 nitrogen and oxygen atoms in total. The maximum absolute atomic E-state index is 11.4. The molecule has 1 aromatic heterocycles. The molecule has 1 heterocycles.